The van der Waals surface area contributed by atoms with Gasteiger partial charge >= 0.3 is 5.97 Å². The number of nitrogens with zero attached hydrogens (tertiary/aromatic N) is 1. The van der Waals surface area contributed by atoms with E-state index in [1.165, 1.54) is 32.3 Å². The number of esters is 1. The molecular formula is C37H25NO2. The second-order valence-corrected chi connectivity index (χ2v) is 9.81. The topological polar surface area (TPSA) is 29.5 Å². The fraction of sp³-hybridized carbons (Fsp3) is 0. The van der Waals surface area contributed by atoms with Gasteiger partial charge in [0.25, 0.3) is 0 Å². The van der Waals surface area contributed by atoms with E-state index in [2.05, 4.69) is 115 Å². The second-order valence-electron chi connectivity index (χ2n) is 9.81. The van der Waals surface area contributed by atoms with Crippen molar-refractivity contribution in [1.82, 2.24) is 0 Å². The average Bonchev–Trinajstić information content (AvgIpc) is 3.02. The summed E-state index contributed by atoms with van der Waals surface area (Å²) in [4.78, 5) is 13.8. The molecule has 0 saturated carbocycles. The van der Waals surface area contributed by atoms with Crippen molar-refractivity contribution < 1.29 is 9.53 Å². The van der Waals surface area contributed by atoms with Crippen LogP contribution < -0.4 is 9.64 Å². The van der Waals surface area contributed by atoms with Gasteiger partial charge in [0, 0.05) is 22.8 Å². The average molecular weight is 516 g/mol. The van der Waals surface area contributed by atoms with Gasteiger partial charge in [0.1, 0.15) is 5.75 Å². The van der Waals surface area contributed by atoms with E-state index in [1.807, 2.05) is 18.2 Å². The molecule has 0 aliphatic carbocycles. The Morgan fingerprint density at radius 3 is 1.82 bits per heavy atom. The highest BCUT2D eigenvalue weighted by atomic mass is 16.5. The van der Waals surface area contributed by atoms with Gasteiger partial charge in [-0.25, -0.2) is 4.79 Å². The Balaban J connectivity index is 1.34. The van der Waals surface area contributed by atoms with Crippen LogP contribution in [0, 0.1) is 0 Å². The van der Waals surface area contributed by atoms with Crippen molar-refractivity contribution in [2.45, 2.75) is 0 Å². The molecule has 0 N–H and O–H groups in total. The molecular weight excluding hydrogens is 490 g/mol. The molecule has 0 aliphatic rings. The van der Waals surface area contributed by atoms with Gasteiger partial charge in [-0.05, 0) is 80.5 Å². The van der Waals surface area contributed by atoms with E-state index in [4.69, 9.17) is 4.74 Å². The number of carbonyl (C=O) groups is 1. The van der Waals surface area contributed by atoms with Gasteiger partial charge in [0.2, 0.25) is 0 Å². The number of anilines is 3. The zero-order valence-electron chi connectivity index (χ0n) is 21.7. The highest BCUT2D eigenvalue weighted by Crippen LogP contribution is 2.43. The summed E-state index contributed by atoms with van der Waals surface area (Å²) in [7, 11) is 0. The third-order valence-electron chi connectivity index (χ3n) is 7.46. The number of ether oxygens (including phenoxy) is 1. The van der Waals surface area contributed by atoms with Crippen LogP contribution in [0.25, 0.3) is 43.4 Å². The molecule has 0 saturated heterocycles. The molecule has 0 bridgehead atoms. The standard InChI is InChI=1S/C37H25NO2/c1-2-35(39)40-32-21-15-26(16-22-32)25-13-19-31(20-14-25)38(30-9-4-3-5-10-30)34-24-18-29-12-11-27-7-6-8-28-17-23-33(34)37(29)36(27)28/h2-24H,1H2. The van der Waals surface area contributed by atoms with E-state index in [0.717, 1.165) is 34.3 Å². The molecule has 7 rings (SSSR count). The third-order valence-corrected chi connectivity index (χ3v) is 7.46. The summed E-state index contributed by atoms with van der Waals surface area (Å²) in [6, 6.07) is 46.5. The predicted molar refractivity (Wildman–Crippen MR) is 166 cm³/mol. The van der Waals surface area contributed by atoms with Crippen molar-refractivity contribution in [2.75, 3.05) is 4.90 Å². The molecule has 40 heavy (non-hydrogen) atoms. The normalized spacial score (nSPS) is 11.2. The Kier molecular flexibility index (Phi) is 5.76. The van der Waals surface area contributed by atoms with Crippen LogP contribution >= 0.6 is 0 Å². The molecule has 0 atom stereocenters. The first-order chi connectivity index (χ1) is 19.7. The van der Waals surface area contributed by atoms with Crippen molar-refractivity contribution in [3.8, 4) is 16.9 Å². The van der Waals surface area contributed by atoms with Crippen molar-refractivity contribution in [3.05, 3.63) is 146 Å². The largest absolute Gasteiger partial charge is 0.423 e. The van der Waals surface area contributed by atoms with Crippen LogP contribution in [0.5, 0.6) is 5.75 Å². The molecule has 7 aromatic rings. The van der Waals surface area contributed by atoms with Crippen LogP contribution in [0.3, 0.4) is 0 Å². The third kappa shape index (κ3) is 4.05. The minimum absolute atomic E-state index is 0.468. The van der Waals surface area contributed by atoms with Crippen LogP contribution in [0.4, 0.5) is 17.1 Å². The lowest BCUT2D eigenvalue weighted by Gasteiger charge is -2.28. The first-order valence-electron chi connectivity index (χ1n) is 13.3. The maximum atomic E-state index is 11.5. The molecule has 0 unspecified atom stereocenters. The lowest BCUT2D eigenvalue weighted by atomic mass is 9.93. The first kappa shape index (κ1) is 23.7. The van der Waals surface area contributed by atoms with Crippen molar-refractivity contribution in [1.29, 1.82) is 0 Å². The zero-order valence-corrected chi connectivity index (χ0v) is 21.7. The van der Waals surface area contributed by atoms with Gasteiger partial charge < -0.3 is 9.64 Å². The Hall–Kier alpha value is -5.41. The maximum Gasteiger partial charge on any atom is 0.335 e. The number of carbonyl (C=O) groups excluding carboxylic acids is 1. The Morgan fingerprint density at radius 2 is 1.15 bits per heavy atom. The monoisotopic (exact) mass is 515 g/mol. The van der Waals surface area contributed by atoms with E-state index in [1.54, 1.807) is 12.1 Å². The number of benzene rings is 7. The van der Waals surface area contributed by atoms with E-state index < -0.39 is 5.97 Å². The molecule has 0 spiro atoms. The molecule has 0 amide bonds. The lowest BCUT2D eigenvalue weighted by Crippen LogP contribution is -2.10. The Labute approximate surface area is 232 Å². The fourth-order valence-corrected chi connectivity index (χ4v) is 5.60. The van der Waals surface area contributed by atoms with Gasteiger partial charge in [-0.2, -0.15) is 0 Å². The van der Waals surface area contributed by atoms with Crippen LogP contribution in [0.1, 0.15) is 0 Å². The zero-order chi connectivity index (χ0) is 27.1. The molecule has 0 aromatic heterocycles. The smallest absolute Gasteiger partial charge is 0.335 e. The van der Waals surface area contributed by atoms with Crippen molar-refractivity contribution in [3.63, 3.8) is 0 Å². The minimum atomic E-state index is -0.468. The van der Waals surface area contributed by atoms with E-state index >= 15 is 0 Å². The SMILES string of the molecule is C=CC(=O)Oc1ccc(-c2ccc(N(c3ccccc3)c3ccc4ccc5cccc6ccc3c4c56)cc2)cc1. The van der Waals surface area contributed by atoms with Crippen molar-refractivity contribution >= 4 is 55.3 Å². The number of para-hydroxylation sites is 1. The fourth-order valence-electron chi connectivity index (χ4n) is 5.60. The highest BCUT2D eigenvalue weighted by molar-refractivity contribution is 6.25. The summed E-state index contributed by atoms with van der Waals surface area (Å²) in [6.07, 6.45) is 1.16. The van der Waals surface area contributed by atoms with Crippen molar-refractivity contribution in [2.24, 2.45) is 0 Å². The minimum Gasteiger partial charge on any atom is -0.423 e. The summed E-state index contributed by atoms with van der Waals surface area (Å²) < 4.78 is 5.22. The number of rotatable bonds is 6. The quantitative estimate of drug-likeness (QED) is 0.0955. The van der Waals surface area contributed by atoms with E-state index in [0.29, 0.717) is 5.75 Å². The Bertz CT molecular complexity index is 1980. The maximum absolute atomic E-state index is 11.5. The molecule has 0 heterocycles. The summed E-state index contributed by atoms with van der Waals surface area (Å²) in [5.41, 5.74) is 5.42. The molecule has 0 aliphatic heterocycles. The molecule has 3 nitrogen and oxygen atoms in total. The van der Waals surface area contributed by atoms with Gasteiger partial charge in [-0.1, -0.05) is 97.6 Å². The molecule has 0 fully saturated rings. The van der Waals surface area contributed by atoms with Gasteiger partial charge in [-0.15, -0.1) is 0 Å². The van der Waals surface area contributed by atoms with Crippen LogP contribution in [-0.2, 0) is 4.79 Å². The van der Waals surface area contributed by atoms with Crippen LogP contribution in [-0.4, -0.2) is 5.97 Å². The van der Waals surface area contributed by atoms with Crippen LogP contribution in [0.2, 0.25) is 0 Å². The summed E-state index contributed by atoms with van der Waals surface area (Å²) in [5.74, 6) is 0.0272. The number of hydrogen-bond acceptors (Lipinski definition) is 3. The highest BCUT2D eigenvalue weighted by Gasteiger charge is 2.18. The van der Waals surface area contributed by atoms with Gasteiger partial charge in [0.05, 0.1) is 5.69 Å². The number of hydrogen-bond donors (Lipinski definition) is 0. The van der Waals surface area contributed by atoms with Gasteiger partial charge in [-0.3, -0.25) is 0 Å². The molecule has 3 heteroatoms. The summed E-state index contributed by atoms with van der Waals surface area (Å²) in [5, 5.41) is 7.59. The summed E-state index contributed by atoms with van der Waals surface area (Å²) in [6.45, 7) is 3.45. The predicted octanol–water partition coefficient (Wildman–Crippen LogP) is 9.81. The molecule has 0 radical (unpaired) electrons. The Morgan fingerprint density at radius 1 is 0.575 bits per heavy atom. The molecule has 7 aromatic carbocycles. The van der Waals surface area contributed by atoms with Crippen LogP contribution in [0.15, 0.2) is 146 Å². The van der Waals surface area contributed by atoms with E-state index in [9.17, 15) is 4.79 Å². The first-order valence-corrected chi connectivity index (χ1v) is 13.3. The summed E-state index contributed by atoms with van der Waals surface area (Å²) >= 11 is 0. The van der Waals surface area contributed by atoms with Gasteiger partial charge in [0.15, 0.2) is 0 Å². The van der Waals surface area contributed by atoms with E-state index in [-0.39, 0.29) is 0 Å². The lowest BCUT2D eigenvalue weighted by molar-refractivity contribution is -0.128. The molecule has 190 valence electrons. The second kappa shape index (κ2) is 9.72.